The van der Waals surface area contributed by atoms with Gasteiger partial charge in [0.05, 0.1) is 11.5 Å². The number of nitrogens with one attached hydrogen (secondary N) is 1. The van der Waals surface area contributed by atoms with Crippen molar-refractivity contribution in [3.8, 4) is 0 Å². The van der Waals surface area contributed by atoms with E-state index < -0.39 is 11.0 Å². The zero-order valence-corrected chi connectivity index (χ0v) is 10.9. The SMILES string of the molecule is Cc1ccc(S(=O)NOCc2ccccc2)cc1. The molecule has 0 aliphatic heterocycles. The average Bonchev–Trinajstić information content (AvgIpc) is 2.40. The third kappa shape index (κ3) is 3.77. The Morgan fingerprint density at radius 2 is 1.72 bits per heavy atom. The van der Waals surface area contributed by atoms with Crippen LogP contribution in [0.25, 0.3) is 0 Å². The van der Waals surface area contributed by atoms with E-state index in [9.17, 15) is 4.21 Å². The van der Waals surface area contributed by atoms with E-state index in [0.29, 0.717) is 11.5 Å². The summed E-state index contributed by atoms with van der Waals surface area (Å²) in [6.45, 7) is 2.38. The van der Waals surface area contributed by atoms with Gasteiger partial charge in [-0.3, -0.25) is 4.84 Å². The predicted octanol–water partition coefficient (Wildman–Crippen LogP) is 2.74. The molecule has 2 rings (SSSR count). The van der Waals surface area contributed by atoms with Crippen molar-refractivity contribution in [3.63, 3.8) is 0 Å². The third-order valence-electron chi connectivity index (χ3n) is 2.45. The van der Waals surface area contributed by atoms with Gasteiger partial charge in [0.15, 0.2) is 0 Å². The molecular formula is C14H15NO2S. The first kappa shape index (κ1) is 13.0. The molecule has 2 aromatic rings. The van der Waals surface area contributed by atoms with Gasteiger partial charge in [-0.25, -0.2) is 4.21 Å². The largest absolute Gasteiger partial charge is 0.284 e. The minimum atomic E-state index is -1.34. The summed E-state index contributed by atoms with van der Waals surface area (Å²) in [5.74, 6) is 0. The van der Waals surface area contributed by atoms with Crippen LogP contribution in [-0.4, -0.2) is 4.21 Å². The summed E-state index contributed by atoms with van der Waals surface area (Å²) in [5, 5.41) is 0. The van der Waals surface area contributed by atoms with Gasteiger partial charge in [-0.2, -0.15) is 0 Å². The quantitative estimate of drug-likeness (QED) is 0.840. The first-order valence-corrected chi connectivity index (χ1v) is 6.80. The van der Waals surface area contributed by atoms with E-state index in [4.69, 9.17) is 4.84 Å². The molecule has 4 heteroatoms. The van der Waals surface area contributed by atoms with Gasteiger partial charge >= 0.3 is 0 Å². The normalized spacial score (nSPS) is 12.3. The highest BCUT2D eigenvalue weighted by Crippen LogP contribution is 2.07. The lowest BCUT2D eigenvalue weighted by Gasteiger charge is -2.05. The summed E-state index contributed by atoms with van der Waals surface area (Å²) in [5.41, 5.74) is 2.17. The molecule has 0 radical (unpaired) electrons. The Labute approximate surface area is 109 Å². The maximum absolute atomic E-state index is 11.8. The monoisotopic (exact) mass is 261 g/mol. The molecule has 0 saturated carbocycles. The van der Waals surface area contributed by atoms with Crippen molar-refractivity contribution in [2.75, 3.05) is 0 Å². The number of benzene rings is 2. The second-order valence-corrected chi connectivity index (χ2v) is 5.11. The molecule has 0 fully saturated rings. The molecule has 18 heavy (non-hydrogen) atoms. The molecule has 1 N–H and O–H groups in total. The van der Waals surface area contributed by atoms with Crippen LogP contribution in [0.5, 0.6) is 0 Å². The zero-order valence-electron chi connectivity index (χ0n) is 10.1. The van der Waals surface area contributed by atoms with Crippen LogP contribution in [-0.2, 0) is 22.4 Å². The summed E-state index contributed by atoms with van der Waals surface area (Å²) in [4.78, 5) is 8.46. The molecule has 0 aliphatic carbocycles. The van der Waals surface area contributed by atoms with Crippen molar-refractivity contribution in [3.05, 3.63) is 65.7 Å². The molecular weight excluding hydrogens is 246 g/mol. The van der Waals surface area contributed by atoms with Crippen molar-refractivity contribution < 1.29 is 9.05 Å². The van der Waals surface area contributed by atoms with Crippen LogP contribution >= 0.6 is 0 Å². The Bertz CT molecular complexity index is 511. The minimum Gasteiger partial charge on any atom is -0.284 e. The van der Waals surface area contributed by atoms with E-state index in [-0.39, 0.29) is 0 Å². The zero-order chi connectivity index (χ0) is 12.8. The van der Waals surface area contributed by atoms with Gasteiger partial charge in [-0.1, -0.05) is 48.0 Å². The van der Waals surface area contributed by atoms with Gasteiger partial charge in [0.25, 0.3) is 0 Å². The van der Waals surface area contributed by atoms with E-state index in [2.05, 4.69) is 4.89 Å². The molecule has 0 aliphatic rings. The van der Waals surface area contributed by atoms with Gasteiger partial charge in [-0.05, 0) is 24.6 Å². The Hall–Kier alpha value is -1.49. The van der Waals surface area contributed by atoms with Crippen molar-refractivity contribution >= 4 is 11.0 Å². The molecule has 0 heterocycles. The summed E-state index contributed by atoms with van der Waals surface area (Å²) < 4.78 is 11.8. The van der Waals surface area contributed by atoms with Gasteiger partial charge in [0, 0.05) is 0 Å². The lowest BCUT2D eigenvalue weighted by atomic mass is 10.2. The van der Waals surface area contributed by atoms with E-state index in [1.807, 2.05) is 61.5 Å². The Kier molecular flexibility index (Phi) is 4.64. The second kappa shape index (κ2) is 6.44. The topological polar surface area (TPSA) is 38.3 Å². The number of hydrogen-bond acceptors (Lipinski definition) is 2. The summed E-state index contributed by atoms with van der Waals surface area (Å²) >= 11 is 0. The standard InChI is InChI=1S/C14H15NO2S/c1-12-7-9-14(10-8-12)18(16)15-17-11-13-5-3-2-4-6-13/h2-10,15H,11H2,1H3. The molecule has 3 nitrogen and oxygen atoms in total. The molecule has 1 atom stereocenters. The highest BCUT2D eigenvalue weighted by molar-refractivity contribution is 7.82. The Morgan fingerprint density at radius 3 is 2.39 bits per heavy atom. The highest BCUT2D eigenvalue weighted by atomic mass is 32.2. The fourth-order valence-corrected chi connectivity index (χ4v) is 2.10. The molecule has 0 spiro atoms. The summed E-state index contributed by atoms with van der Waals surface area (Å²) in [6, 6.07) is 17.2. The van der Waals surface area contributed by atoms with Crippen LogP contribution in [0, 0.1) is 6.92 Å². The lowest BCUT2D eigenvalue weighted by Crippen LogP contribution is -2.17. The minimum absolute atomic E-state index is 0.387. The Morgan fingerprint density at radius 1 is 1.06 bits per heavy atom. The molecule has 1 unspecified atom stereocenters. The second-order valence-electron chi connectivity index (χ2n) is 3.94. The van der Waals surface area contributed by atoms with Crippen molar-refractivity contribution in [1.82, 2.24) is 4.89 Å². The van der Waals surface area contributed by atoms with E-state index in [1.165, 1.54) is 0 Å². The maximum atomic E-state index is 11.8. The first-order chi connectivity index (χ1) is 8.75. The van der Waals surface area contributed by atoms with Crippen LogP contribution in [0.1, 0.15) is 11.1 Å². The smallest absolute Gasteiger partial charge is 0.148 e. The van der Waals surface area contributed by atoms with Gasteiger partial charge in [-0.15, -0.1) is 4.89 Å². The lowest BCUT2D eigenvalue weighted by molar-refractivity contribution is 0.0833. The molecule has 0 amide bonds. The van der Waals surface area contributed by atoms with Crippen LogP contribution in [0.3, 0.4) is 0 Å². The van der Waals surface area contributed by atoms with Gasteiger partial charge in [0.1, 0.15) is 11.0 Å². The van der Waals surface area contributed by atoms with E-state index in [0.717, 1.165) is 11.1 Å². The van der Waals surface area contributed by atoms with Crippen LogP contribution in [0.15, 0.2) is 59.5 Å². The average molecular weight is 261 g/mol. The van der Waals surface area contributed by atoms with Gasteiger partial charge in [0.2, 0.25) is 0 Å². The van der Waals surface area contributed by atoms with E-state index >= 15 is 0 Å². The fraction of sp³-hybridized carbons (Fsp3) is 0.143. The third-order valence-corrected chi connectivity index (χ3v) is 3.42. The van der Waals surface area contributed by atoms with Crippen LogP contribution < -0.4 is 4.89 Å². The van der Waals surface area contributed by atoms with Crippen molar-refractivity contribution in [2.45, 2.75) is 18.4 Å². The molecule has 0 bridgehead atoms. The molecule has 0 saturated heterocycles. The number of hydrogen-bond donors (Lipinski definition) is 1. The van der Waals surface area contributed by atoms with Crippen LogP contribution in [0.4, 0.5) is 0 Å². The van der Waals surface area contributed by atoms with Crippen LogP contribution in [0.2, 0.25) is 0 Å². The maximum Gasteiger partial charge on any atom is 0.148 e. The van der Waals surface area contributed by atoms with E-state index in [1.54, 1.807) is 0 Å². The molecule has 2 aromatic carbocycles. The number of aryl methyl sites for hydroxylation is 1. The Balaban J connectivity index is 1.84. The van der Waals surface area contributed by atoms with Crippen molar-refractivity contribution in [1.29, 1.82) is 0 Å². The number of rotatable bonds is 5. The first-order valence-electron chi connectivity index (χ1n) is 5.65. The summed E-state index contributed by atoms with van der Waals surface area (Å²) in [6.07, 6.45) is 0. The van der Waals surface area contributed by atoms with Crippen molar-refractivity contribution in [2.24, 2.45) is 0 Å². The van der Waals surface area contributed by atoms with Gasteiger partial charge < -0.3 is 0 Å². The fourth-order valence-electron chi connectivity index (χ4n) is 1.45. The predicted molar refractivity (Wildman–Crippen MR) is 72.0 cm³/mol. The molecule has 0 aromatic heterocycles. The highest BCUT2D eigenvalue weighted by Gasteiger charge is 2.02. The molecule has 94 valence electrons. The summed E-state index contributed by atoms with van der Waals surface area (Å²) in [7, 11) is -1.34.